The van der Waals surface area contributed by atoms with Crippen LogP contribution < -0.4 is 10.3 Å². The fourth-order valence-corrected chi connectivity index (χ4v) is 3.04. The molecule has 0 saturated carbocycles. The van der Waals surface area contributed by atoms with Crippen LogP contribution in [0.2, 0.25) is 5.02 Å². The van der Waals surface area contributed by atoms with Gasteiger partial charge in [0.1, 0.15) is 17.0 Å². The second-order valence-corrected chi connectivity index (χ2v) is 7.02. The van der Waals surface area contributed by atoms with E-state index in [9.17, 15) is 17.6 Å². The van der Waals surface area contributed by atoms with Gasteiger partial charge in [0.25, 0.3) is 15.9 Å². The minimum Gasteiger partial charge on any atom is -0.273 e. The number of nitrogens with one attached hydrogen (secondary N) is 2. The Morgan fingerprint density at radius 1 is 1.15 bits per heavy atom. The van der Waals surface area contributed by atoms with Gasteiger partial charge in [0.15, 0.2) is 0 Å². The lowest BCUT2D eigenvalue weighted by atomic mass is 10.2. The van der Waals surface area contributed by atoms with Crippen LogP contribution in [0, 0.1) is 5.82 Å². The summed E-state index contributed by atoms with van der Waals surface area (Å²) >= 11 is 5.59. The Morgan fingerprint density at radius 2 is 1.88 bits per heavy atom. The first kappa shape index (κ1) is 17.9. The van der Waals surface area contributed by atoms with E-state index in [1.165, 1.54) is 29.2 Å². The fourth-order valence-electron chi connectivity index (χ4n) is 1.98. The molecule has 12 heteroatoms. The Hall–Kier alpha value is -2.89. The molecule has 0 unspecified atom stereocenters. The molecule has 2 aromatic carbocycles. The highest BCUT2D eigenvalue weighted by atomic mass is 35.5. The number of hydrogen-bond acceptors (Lipinski definition) is 6. The molecule has 1 amide bonds. The normalized spacial score (nSPS) is 11.3. The number of aromatic nitrogens is 4. The first-order valence-electron chi connectivity index (χ1n) is 6.97. The number of benzene rings is 2. The summed E-state index contributed by atoms with van der Waals surface area (Å²) < 4.78 is 39.3. The Morgan fingerprint density at radius 3 is 2.50 bits per heavy atom. The molecule has 1 aromatic heterocycles. The zero-order chi connectivity index (χ0) is 18.7. The largest absolute Gasteiger partial charge is 0.273 e. The number of rotatable bonds is 5. The third-order valence-electron chi connectivity index (χ3n) is 3.23. The number of nitrogens with zero attached hydrogens (tertiary/aromatic N) is 4. The van der Waals surface area contributed by atoms with Crippen LogP contribution in [0.1, 0.15) is 10.4 Å². The van der Waals surface area contributed by atoms with E-state index in [4.69, 9.17) is 11.6 Å². The number of tetrazole rings is 1. The molecule has 0 bridgehead atoms. The smallest absolute Gasteiger partial charge is 0.266 e. The van der Waals surface area contributed by atoms with Gasteiger partial charge in [-0.05, 0) is 52.9 Å². The summed E-state index contributed by atoms with van der Waals surface area (Å²) in [5.74, 6) is -1.77. The molecule has 0 spiro atoms. The second-order valence-electron chi connectivity index (χ2n) is 4.94. The van der Waals surface area contributed by atoms with Gasteiger partial charge in [0.05, 0.1) is 5.69 Å². The molecule has 9 nitrogen and oxygen atoms in total. The third kappa shape index (κ3) is 3.85. The zero-order valence-electron chi connectivity index (χ0n) is 12.8. The van der Waals surface area contributed by atoms with Gasteiger partial charge in [-0.1, -0.05) is 11.6 Å². The van der Waals surface area contributed by atoms with E-state index in [-0.39, 0.29) is 10.6 Å². The van der Waals surface area contributed by atoms with E-state index < -0.39 is 26.6 Å². The summed E-state index contributed by atoms with van der Waals surface area (Å²) in [4.78, 5) is 13.2. The summed E-state index contributed by atoms with van der Waals surface area (Å²) in [6.07, 6.45) is 1.38. The van der Waals surface area contributed by atoms with Crippen LogP contribution in [0.3, 0.4) is 0 Å². The van der Waals surface area contributed by atoms with Gasteiger partial charge in [-0.2, -0.15) is 0 Å². The summed E-state index contributed by atoms with van der Waals surface area (Å²) in [6, 6.07) is 9.10. The van der Waals surface area contributed by atoms with Crippen molar-refractivity contribution < 1.29 is 17.6 Å². The molecule has 0 aliphatic rings. The lowest BCUT2D eigenvalue weighted by molar-refractivity contribution is 0.0945. The summed E-state index contributed by atoms with van der Waals surface area (Å²) in [5, 5.41) is 10.7. The van der Waals surface area contributed by atoms with E-state index >= 15 is 0 Å². The minimum atomic E-state index is -4.30. The number of halogens is 2. The summed E-state index contributed by atoms with van der Waals surface area (Å²) in [6.45, 7) is 0. The first-order chi connectivity index (χ1) is 12.4. The van der Waals surface area contributed by atoms with Crippen molar-refractivity contribution in [2.24, 2.45) is 0 Å². The predicted octanol–water partition coefficient (Wildman–Crippen LogP) is 1.08. The van der Waals surface area contributed by atoms with Crippen molar-refractivity contribution in [2.45, 2.75) is 4.90 Å². The Balaban J connectivity index is 1.70. The molecule has 2 N–H and O–H groups in total. The zero-order valence-corrected chi connectivity index (χ0v) is 14.4. The van der Waals surface area contributed by atoms with E-state index in [2.05, 4.69) is 15.5 Å². The molecule has 0 saturated heterocycles. The molecule has 26 heavy (non-hydrogen) atoms. The monoisotopic (exact) mass is 396 g/mol. The lowest BCUT2D eigenvalue weighted by Crippen LogP contribution is -2.41. The van der Waals surface area contributed by atoms with Crippen LogP contribution in [0.5, 0.6) is 0 Å². The number of carbonyl (C=O) groups excluding carboxylic acids is 1. The average molecular weight is 397 g/mol. The Kier molecular flexibility index (Phi) is 4.93. The third-order valence-corrected chi connectivity index (χ3v) is 4.74. The van der Waals surface area contributed by atoms with Crippen LogP contribution in [-0.4, -0.2) is 34.5 Å². The van der Waals surface area contributed by atoms with Gasteiger partial charge in [0.2, 0.25) is 0 Å². The number of hydrazine groups is 1. The van der Waals surface area contributed by atoms with Gasteiger partial charge in [-0.15, -0.1) is 9.93 Å². The highest BCUT2D eigenvalue weighted by molar-refractivity contribution is 7.89. The summed E-state index contributed by atoms with van der Waals surface area (Å²) in [5.41, 5.74) is 2.78. The van der Waals surface area contributed by atoms with Gasteiger partial charge < -0.3 is 0 Å². The maximum Gasteiger partial charge on any atom is 0.266 e. The number of amides is 1. The molecule has 3 aromatic rings. The minimum absolute atomic E-state index is 0.0492. The van der Waals surface area contributed by atoms with Gasteiger partial charge in [0, 0.05) is 10.6 Å². The van der Waals surface area contributed by atoms with Crippen molar-refractivity contribution in [2.75, 3.05) is 0 Å². The van der Waals surface area contributed by atoms with Crippen LogP contribution in [0.15, 0.2) is 53.7 Å². The predicted molar refractivity (Wildman–Crippen MR) is 88.4 cm³/mol. The maximum absolute atomic E-state index is 13.7. The summed E-state index contributed by atoms with van der Waals surface area (Å²) in [7, 11) is -4.30. The highest BCUT2D eigenvalue weighted by Gasteiger charge is 2.20. The molecular weight excluding hydrogens is 387 g/mol. The van der Waals surface area contributed by atoms with E-state index in [0.29, 0.717) is 5.69 Å². The van der Waals surface area contributed by atoms with Crippen LogP contribution in [-0.2, 0) is 10.0 Å². The number of hydrogen-bond donors (Lipinski definition) is 2. The standard InChI is InChI=1S/C14H10ClFN6O3S/c15-10-3-6-13(12(16)7-10)26(24,25)21-18-14(23)9-1-4-11(5-2-9)22-8-17-19-20-22/h1-8,21H,(H,18,23). The molecule has 134 valence electrons. The molecule has 1 heterocycles. The van der Waals surface area contributed by atoms with Crippen molar-refractivity contribution >= 4 is 27.5 Å². The van der Waals surface area contributed by atoms with Crippen molar-refractivity contribution in [3.63, 3.8) is 0 Å². The van der Waals surface area contributed by atoms with Crippen molar-refractivity contribution in [1.82, 2.24) is 30.5 Å². The number of carbonyl (C=O) groups is 1. The van der Waals surface area contributed by atoms with Gasteiger partial charge >= 0.3 is 0 Å². The van der Waals surface area contributed by atoms with Crippen LogP contribution in [0.4, 0.5) is 4.39 Å². The van der Waals surface area contributed by atoms with E-state index in [1.54, 1.807) is 12.1 Å². The maximum atomic E-state index is 13.7. The average Bonchev–Trinajstić information content (AvgIpc) is 3.14. The molecule has 0 aliphatic carbocycles. The van der Waals surface area contributed by atoms with Crippen molar-refractivity contribution in [1.29, 1.82) is 0 Å². The van der Waals surface area contributed by atoms with Crippen LogP contribution in [0.25, 0.3) is 5.69 Å². The molecule has 0 fully saturated rings. The molecule has 0 atom stereocenters. The fraction of sp³-hybridized carbons (Fsp3) is 0. The van der Waals surface area contributed by atoms with Crippen molar-refractivity contribution in [3.05, 3.63) is 65.2 Å². The highest BCUT2D eigenvalue weighted by Crippen LogP contribution is 2.18. The van der Waals surface area contributed by atoms with E-state index in [1.807, 2.05) is 10.3 Å². The Bertz CT molecular complexity index is 1040. The lowest BCUT2D eigenvalue weighted by Gasteiger charge is -2.09. The topological polar surface area (TPSA) is 119 Å². The molecule has 3 rings (SSSR count). The quantitative estimate of drug-likeness (QED) is 0.623. The SMILES string of the molecule is O=C(NNS(=O)(=O)c1ccc(Cl)cc1F)c1ccc(-n2cnnn2)cc1. The molecular formula is C14H10ClFN6O3S. The van der Waals surface area contributed by atoms with Gasteiger partial charge in [-0.3, -0.25) is 10.2 Å². The first-order valence-corrected chi connectivity index (χ1v) is 8.83. The molecule has 0 radical (unpaired) electrons. The van der Waals surface area contributed by atoms with Gasteiger partial charge in [-0.25, -0.2) is 17.5 Å². The second kappa shape index (κ2) is 7.15. The van der Waals surface area contributed by atoms with E-state index in [0.717, 1.165) is 12.1 Å². The van der Waals surface area contributed by atoms with Crippen molar-refractivity contribution in [3.8, 4) is 5.69 Å². The Labute approximate surface area is 151 Å². The molecule has 0 aliphatic heterocycles. The number of sulfonamides is 1. The van der Waals surface area contributed by atoms with Crippen LogP contribution >= 0.6 is 11.6 Å².